The summed E-state index contributed by atoms with van der Waals surface area (Å²) in [5.74, 6) is -0.850. The number of rotatable bonds is 4. The zero-order valence-electron chi connectivity index (χ0n) is 8.30. The Morgan fingerprint density at radius 1 is 1.40 bits per heavy atom. The van der Waals surface area contributed by atoms with E-state index in [1.807, 2.05) is 30.3 Å². The summed E-state index contributed by atoms with van der Waals surface area (Å²) in [5.41, 5.74) is 0.769. The van der Waals surface area contributed by atoms with Gasteiger partial charge in [0.2, 0.25) is 0 Å². The van der Waals surface area contributed by atoms with Gasteiger partial charge in [-0.3, -0.25) is 4.98 Å². The molecular formula is C12H11N3. The zero-order chi connectivity index (χ0) is 11.1. The van der Waals surface area contributed by atoms with Gasteiger partial charge in [-0.05, 0) is 18.6 Å². The van der Waals surface area contributed by atoms with Crippen molar-refractivity contribution in [1.29, 1.82) is 10.5 Å². The smallest absolute Gasteiger partial charge is 0.141 e. The molecule has 1 heterocycles. The molecule has 3 nitrogen and oxygen atoms in total. The maximum atomic E-state index is 8.85. The average Bonchev–Trinajstić information content (AvgIpc) is 2.30. The summed E-state index contributed by atoms with van der Waals surface area (Å²) in [6.07, 6.45) is 3.96. The normalized spacial score (nSPS) is 11.4. The Balaban J connectivity index is 2.99. The number of nitriles is 2. The van der Waals surface area contributed by atoms with Gasteiger partial charge in [0.25, 0.3) is 0 Å². The first-order valence-electron chi connectivity index (χ1n) is 4.64. The second kappa shape index (κ2) is 5.57. The van der Waals surface area contributed by atoms with E-state index in [9.17, 15) is 0 Å². The molecule has 0 saturated carbocycles. The van der Waals surface area contributed by atoms with E-state index in [1.165, 1.54) is 0 Å². The van der Waals surface area contributed by atoms with Gasteiger partial charge in [0.15, 0.2) is 0 Å². The van der Waals surface area contributed by atoms with Crippen molar-refractivity contribution in [1.82, 2.24) is 4.98 Å². The molecule has 15 heavy (non-hydrogen) atoms. The van der Waals surface area contributed by atoms with Crippen LogP contribution in [0, 0.1) is 28.6 Å². The van der Waals surface area contributed by atoms with E-state index in [0.717, 1.165) is 5.69 Å². The van der Waals surface area contributed by atoms with Crippen molar-refractivity contribution in [3.05, 3.63) is 42.7 Å². The lowest BCUT2D eigenvalue weighted by atomic mass is 9.88. The largest absolute Gasteiger partial charge is 0.261 e. The molecule has 0 N–H and O–H groups in total. The van der Waals surface area contributed by atoms with Gasteiger partial charge in [0.1, 0.15) is 5.92 Å². The van der Waals surface area contributed by atoms with Gasteiger partial charge in [-0.1, -0.05) is 12.1 Å². The van der Waals surface area contributed by atoms with Crippen LogP contribution in [0.1, 0.15) is 18.0 Å². The van der Waals surface area contributed by atoms with Crippen molar-refractivity contribution >= 4 is 0 Å². The van der Waals surface area contributed by atoms with Crippen LogP contribution in [0.3, 0.4) is 0 Å². The number of hydrogen-bond donors (Lipinski definition) is 0. The summed E-state index contributed by atoms with van der Waals surface area (Å²) in [4.78, 5) is 4.16. The van der Waals surface area contributed by atoms with Crippen LogP contribution in [0.2, 0.25) is 0 Å². The summed E-state index contributed by atoms with van der Waals surface area (Å²) < 4.78 is 0. The van der Waals surface area contributed by atoms with E-state index in [4.69, 9.17) is 10.5 Å². The van der Waals surface area contributed by atoms with Crippen LogP contribution in [0.25, 0.3) is 0 Å². The topological polar surface area (TPSA) is 60.5 Å². The molecule has 1 aromatic heterocycles. The highest BCUT2D eigenvalue weighted by atomic mass is 14.7. The van der Waals surface area contributed by atoms with Gasteiger partial charge in [0, 0.05) is 17.8 Å². The standard InChI is InChI=1S/C12H11N3/c1-2-5-11(10(8-13)9-14)12-6-3-4-7-15-12/h2-4,6-7,10-11H,1,5H2. The number of allylic oxidation sites excluding steroid dienone is 1. The van der Waals surface area contributed by atoms with Crippen LogP contribution < -0.4 is 0 Å². The Labute approximate surface area is 89.3 Å². The van der Waals surface area contributed by atoms with Gasteiger partial charge >= 0.3 is 0 Å². The van der Waals surface area contributed by atoms with Crippen molar-refractivity contribution in [2.24, 2.45) is 5.92 Å². The van der Waals surface area contributed by atoms with E-state index in [-0.39, 0.29) is 5.92 Å². The summed E-state index contributed by atoms with van der Waals surface area (Å²) in [7, 11) is 0. The second-order valence-corrected chi connectivity index (χ2v) is 3.12. The van der Waals surface area contributed by atoms with Gasteiger partial charge in [-0.15, -0.1) is 6.58 Å². The highest BCUT2D eigenvalue weighted by Crippen LogP contribution is 2.26. The minimum Gasteiger partial charge on any atom is -0.261 e. The van der Waals surface area contributed by atoms with Crippen LogP contribution in [-0.4, -0.2) is 4.98 Å². The van der Waals surface area contributed by atoms with Crippen molar-refractivity contribution in [3.63, 3.8) is 0 Å². The van der Waals surface area contributed by atoms with E-state index in [0.29, 0.717) is 6.42 Å². The van der Waals surface area contributed by atoms with Crippen LogP contribution in [0.5, 0.6) is 0 Å². The Hall–Kier alpha value is -2.13. The van der Waals surface area contributed by atoms with Gasteiger partial charge in [0.05, 0.1) is 12.1 Å². The first-order chi connectivity index (χ1) is 7.33. The van der Waals surface area contributed by atoms with Crippen molar-refractivity contribution in [2.75, 3.05) is 0 Å². The summed E-state index contributed by atoms with van der Waals surface area (Å²) in [6, 6.07) is 9.46. The lowest BCUT2D eigenvalue weighted by Gasteiger charge is -2.14. The number of pyridine rings is 1. The van der Waals surface area contributed by atoms with E-state index in [2.05, 4.69) is 11.6 Å². The molecule has 0 saturated heterocycles. The van der Waals surface area contributed by atoms with Crippen LogP contribution in [0.15, 0.2) is 37.1 Å². The Morgan fingerprint density at radius 3 is 2.60 bits per heavy atom. The number of hydrogen-bond acceptors (Lipinski definition) is 3. The molecule has 0 aliphatic heterocycles. The lowest BCUT2D eigenvalue weighted by molar-refractivity contribution is 0.602. The fourth-order valence-electron chi connectivity index (χ4n) is 1.41. The van der Waals surface area contributed by atoms with Crippen molar-refractivity contribution in [2.45, 2.75) is 12.3 Å². The third-order valence-corrected chi connectivity index (χ3v) is 2.17. The van der Waals surface area contributed by atoms with E-state index < -0.39 is 5.92 Å². The fourth-order valence-corrected chi connectivity index (χ4v) is 1.41. The second-order valence-electron chi connectivity index (χ2n) is 3.12. The summed E-state index contributed by atoms with van der Waals surface area (Å²) in [6.45, 7) is 3.63. The summed E-state index contributed by atoms with van der Waals surface area (Å²) >= 11 is 0. The highest BCUT2D eigenvalue weighted by Gasteiger charge is 2.22. The van der Waals surface area contributed by atoms with E-state index >= 15 is 0 Å². The molecule has 74 valence electrons. The SMILES string of the molecule is C=CCC(c1ccccn1)C(C#N)C#N. The fraction of sp³-hybridized carbons (Fsp3) is 0.250. The zero-order valence-corrected chi connectivity index (χ0v) is 8.30. The molecule has 0 aliphatic carbocycles. The van der Waals surface area contributed by atoms with Gasteiger partial charge < -0.3 is 0 Å². The van der Waals surface area contributed by atoms with Gasteiger partial charge in [-0.2, -0.15) is 10.5 Å². The molecule has 1 aromatic rings. The monoisotopic (exact) mass is 197 g/mol. The maximum Gasteiger partial charge on any atom is 0.141 e. The predicted molar refractivity (Wildman–Crippen MR) is 56.5 cm³/mol. The quantitative estimate of drug-likeness (QED) is 0.696. The number of aromatic nitrogens is 1. The first-order valence-corrected chi connectivity index (χ1v) is 4.64. The minimum atomic E-state index is -0.669. The molecule has 0 radical (unpaired) electrons. The predicted octanol–water partition coefficient (Wildman–Crippen LogP) is 2.40. The molecule has 0 bridgehead atoms. The molecule has 1 unspecified atom stereocenters. The van der Waals surface area contributed by atoms with Gasteiger partial charge in [-0.25, -0.2) is 0 Å². The lowest BCUT2D eigenvalue weighted by Crippen LogP contribution is -2.10. The molecule has 1 rings (SSSR count). The minimum absolute atomic E-state index is 0.182. The van der Waals surface area contributed by atoms with Crippen molar-refractivity contribution < 1.29 is 0 Å². The molecule has 0 aromatic carbocycles. The average molecular weight is 197 g/mol. The number of nitrogens with zero attached hydrogens (tertiary/aromatic N) is 3. The van der Waals surface area contributed by atoms with Crippen LogP contribution in [-0.2, 0) is 0 Å². The molecule has 0 amide bonds. The van der Waals surface area contributed by atoms with E-state index in [1.54, 1.807) is 12.3 Å². The Morgan fingerprint density at radius 2 is 2.13 bits per heavy atom. The molecule has 0 fully saturated rings. The van der Waals surface area contributed by atoms with Crippen LogP contribution >= 0.6 is 0 Å². The molecule has 1 atom stereocenters. The molecule has 3 heteroatoms. The third-order valence-electron chi connectivity index (χ3n) is 2.17. The molecular weight excluding hydrogens is 186 g/mol. The van der Waals surface area contributed by atoms with Crippen LogP contribution in [0.4, 0.5) is 0 Å². The third kappa shape index (κ3) is 2.65. The Bertz CT molecular complexity index is 383. The maximum absolute atomic E-state index is 8.85. The van der Waals surface area contributed by atoms with Crippen molar-refractivity contribution in [3.8, 4) is 12.1 Å². The summed E-state index contributed by atoms with van der Waals surface area (Å²) in [5, 5.41) is 17.7. The highest BCUT2D eigenvalue weighted by molar-refractivity contribution is 5.19. The molecule has 0 aliphatic rings. The first kappa shape index (κ1) is 10.9. The molecule has 0 spiro atoms. The Kier molecular flexibility index (Phi) is 4.06.